The van der Waals surface area contributed by atoms with Crippen molar-refractivity contribution in [1.29, 1.82) is 0 Å². The number of carbonyl (C=O) groups excluding carboxylic acids is 8. The van der Waals surface area contributed by atoms with E-state index in [1.807, 2.05) is 0 Å². The van der Waals surface area contributed by atoms with Crippen LogP contribution in [0.2, 0.25) is 0 Å². The Morgan fingerprint density at radius 1 is 0.671 bits per heavy atom. The number of benzene rings is 1. The number of nitrogens with two attached hydrogens (primary N) is 3. The lowest BCUT2D eigenvalue weighted by Gasteiger charge is -2.29. The molecule has 0 bridgehead atoms. The molecule has 0 spiro atoms. The second-order valence-electron chi connectivity index (χ2n) is 18.7. The van der Waals surface area contributed by atoms with Crippen LogP contribution in [0, 0.1) is 11.8 Å². The predicted octanol–water partition coefficient (Wildman–Crippen LogP) is -4.05. The van der Waals surface area contributed by atoms with Crippen LogP contribution in [0.5, 0.6) is 0 Å². The largest absolute Gasteiger partial charge is 0.480 e. The van der Waals surface area contributed by atoms with Crippen LogP contribution in [0.3, 0.4) is 0 Å². The number of hydrogen-bond donors (Lipinski definition) is 18. The summed E-state index contributed by atoms with van der Waals surface area (Å²) in [5.41, 5.74) is 18.4. The SMILES string of the molecule is CC(C)C[C@H](NC(=O)[C@@H](NC(=O)[C@H](Cc1cnc[nH]1)NC(=O)[C@@H](N)CS)C(C)C)C(=O)N[C@@H](Cc1c[nH]c2ccccc12)C(=O)N[C@@H](CO)C(=O)N[C@H](C(=O)N[C@@H](CCCN=C(N)N)C(=O)N[C@@H](CS)C(=O)O)[C@@H](C)O. The predicted molar refractivity (Wildman–Crippen MR) is 286 cm³/mol. The zero-order chi connectivity index (χ0) is 56.8. The van der Waals surface area contributed by atoms with E-state index in [0.717, 1.165) is 6.92 Å². The molecule has 0 aliphatic carbocycles. The fraction of sp³-hybridized carbons (Fsp3) is 0.553. The van der Waals surface area contributed by atoms with Crippen LogP contribution in [-0.4, -0.2) is 175 Å². The molecular weight excluding hydrogens is 1030 g/mol. The van der Waals surface area contributed by atoms with Crippen LogP contribution in [0.15, 0.2) is 48.0 Å². The normalized spacial score (nSPS) is 15.3. The van der Waals surface area contributed by atoms with Crippen molar-refractivity contribution in [2.24, 2.45) is 34.0 Å². The fourth-order valence-electron chi connectivity index (χ4n) is 7.56. The van der Waals surface area contributed by atoms with Crippen molar-refractivity contribution >= 4 is 95.3 Å². The zero-order valence-electron chi connectivity index (χ0n) is 42.9. The summed E-state index contributed by atoms with van der Waals surface area (Å²) in [5, 5.41) is 51.3. The molecular formula is C47H73N15O12S2. The minimum absolute atomic E-state index is 0.0130. The number of nitrogens with one attached hydrogen (secondary N) is 10. The molecule has 0 radical (unpaired) electrons. The van der Waals surface area contributed by atoms with E-state index in [4.69, 9.17) is 17.2 Å². The van der Waals surface area contributed by atoms with Gasteiger partial charge in [-0.1, -0.05) is 45.9 Å². The number of carboxylic acid groups (broad SMARTS) is 1. The summed E-state index contributed by atoms with van der Waals surface area (Å²) in [4.78, 5) is 136. The van der Waals surface area contributed by atoms with Gasteiger partial charge in [0.05, 0.1) is 25.1 Å². The number of H-pyrrole nitrogens is 2. The van der Waals surface area contributed by atoms with Crippen molar-refractivity contribution in [3.8, 4) is 0 Å². The molecule has 0 fully saturated rings. The molecule has 8 amide bonds. The van der Waals surface area contributed by atoms with Gasteiger partial charge in [0.15, 0.2) is 5.96 Å². The highest BCUT2D eigenvalue weighted by Crippen LogP contribution is 2.20. The van der Waals surface area contributed by atoms with E-state index < -0.39 is 126 Å². The number of aromatic amines is 2. The number of rotatable bonds is 32. The molecule has 2 heterocycles. The van der Waals surface area contributed by atoms with Crippen LogP contribution in [0.1, 0.15) is 65.1 Å². The van der Waals surface area contributed by atoms with E-state index in [9.17, 15) is 58.5 Å². The highest BCUT2D eigenvalue weighted by atomic mass is 32.1. The number of thiol groups is 2. The van der Waals surface area contributed by atoms with E-state index in [0.29, 0.717) is 22.2 Å². The number of carboxylic acids is 1. The van der Waals surface area contributed by atoms with Crippen molar-refractivity contribution in [3.05, 3.63) is 54.2 Å². The number of hydrogen-bond acceptors (Lipinski definition) is 16. The first kappa shape index (κ1) is 63.3. The van der Waals surface area contributed by atoms with E-state index in [1.54, 1.807) is 58.2 Å². The number of fused-ring (bicyclic) bond motifs is 1. The van der Waals surface area contributed by atoms with Gasteiger partial charge in [-0.15, -0.1) is 0 Å². The van der Waals surface area contributed by atoms with Crippen LogP contribution < -0.4 is 59.7 Å². The third kappa shape index (κ3) is 20.0. The summed E-state index contributed by atoms with van der Waals surface area (Å²) in [6.45, 7) is 6.99. The molecule has 0 saturated carbocycles. The minimum Gasteiger partial charge on any atom is -0.480 e. The molecule has 19 N–H and O–H groups in total. The number of carbonyl (C=O) groups is 9. The maximum absolute atomic E-state index is 14.4. The summed E-state index contributed by atoms with van der Waals surface area (Å²) < 4.78 is 0. The Kier molecular flexibility index (Phi) is 26.0. The van der Waals surface area contributed by atoms with E-state index in [-0.39, 0.29) is 62.0 Å². The maximum atomic E-state index is 14.4. The lowest BCUT2D eigenvalue weighted by Crippen LogP contribution is -2.62. The Morgan fingerprint density at radius 2 is 1.21 bits per heavy atom. The third-order valence-corrected chi connectivity index (χ3v) is 12.5. The van der Waals surface area contributed by atoms with Crippen LogP contribution in [0.25, 0.3) is 10.9 Å². The average Bonchev–Trinajstić information content (AvgIpc) is 4.04. The molecule has 0 aliphatic rings. The number of para-hydroxylation sites is 1. The summed E-state index contributed by atoms with van der Waals surface area (Å²) in [7, 11) is 0. The summed E-state index contributed by atoms with van der Waals surface area (Å²) >= 11 is 8.02. The zero-order valence-corrected chi connectivity index (χ0v) is 44.7. The molecule has 10 atom stereocenters. The highest BCUT2D eigenvalue weighted by Gasteiger charge is 2.37. The maximum Gasteiger partial charge on any atom is 0.327 e. The van der Waals surface area contributed by atoms with Gasteiger partial charge in [-0.3, -0.25) is 43.3 Å². The van der Waals surface area contributed by atoms with E-state index in [1.165, 1.54) is 12.5 Å². The highest BCUT2D eigenvalue weighted by molar-refractivity contribution is 7.80. The Bertz CT molecular complexity index is 2470. The summed E-state index contributed by atoms with van der Waals surface area (Å²) in [6.07, 6.45) is 2.59. The number of aliphatic imine (C=N–C) groups is 1. The van der Waals surface area contributed by atoms with Crippen molar-refractivity contribution in [1.82, 2.24) is 57.5 Å². The molecule has 27 nitrogen and oxygen atoms in total. The minimum atomic E-state index is -1.81. The van der Waals surface area contributed by atoms with Gasteiger partial charge in [0.2, 0.25) is 47.3 Å². The standard InChI is InChI=1S/C47H73N15O12S2/c1-22(2)13-31(58-44(71)36(23(3)4)61-42(69)33(15-26-17-51-21-54-26)56-38(65)28(48)19-75)40(67)57-32(14-25-16-53-29-10-7-6-9-27(25)29)41(68)59-34(18-63)43(70)62-37(24(5)64)45(72)55-30(11-8-12-52-47(49)50)39(66)60-35(20-76)46(73)74/h6-7,9-10,16-17,21-24,28,30-37,53,63-64,75-76H,8,11-15,18-20,48H2,1-5H3,(H,51,54)(H,55,72)(H,56,65)(H,57,67)(H,58,71)(H,59,68)(H,60,66)(H,61,69)(H,62,70)(H,73,74)(H4,49,50,52)/t24-,28+,30+,31+,32+,33+,34+,35+,36+,37+/m1/s1. The number of aliphatic hydroxyl groups excluding tert-OH is 2. The second-order valence-corrected chi connectivity index (χ2v) is 19.5. The van der Waals surface area contributed by atoms with Crippen LogP contribution >= 0.6 is 25.3 Å². The summed E-state index contributed by atoms with van der Waals surface area (Å²) in [6, 6.07) is -5.74. The number of amides is 8. The fourth-order valence-corrected chi connectivity index (χ4v) is 7.97. The van der Waals surface area contributed by atoms with Gasteiger partial charge in [0.25, 0.3) is 0 Å². The quantitative estimate of drug-likeness (QED) is 0.0122. The molecule has 0 unspecified atom stereocenters. The van der Waals surface area contributed by atoms with Gasteiger partial charge in [0.1, 0.15) is 48.3 Å². The van der Waals surface area contributed by atoms with Crippen molar-refractivity contribution in [2.45, 2.75) is 127 Å². The van der Waals surface area contributed by atoms with Gasteiger partial charge in [0, 0.05) is 59.9 Å². The molecule has 76 heavy (non-hydrogen) atoms. The Balaban J connectivity index is 1.90. The van der Waals surface area contributed by atoms with Crippen molar-refractivity contribution in [3.63, 3.8) is 0 Å². The van der Waals surface area contributed by atoms with Gasteiger partial charge in [-0.2, -0.15) is 25.3 Å². The smallest absolute Gasteiger partial charge is 0.327 e. The molecule has 0 saturated heterocycles. The Labute approximate surface area is 449 Å². The molecule has 420 valence electrons. The molecule has 3 rings (SSSR count). The van der Waals surface area contributed by atoms with Crippen molar-refractivity contribution < 1.29 is 58.5 Å². The first-order valence-electron chi connectivity index (χ1n) is 24.4. The topological polar surface area (TPSA) is 445 Å². The van der Waals surface area contributed by atoms with E-state index >= 15 is 0 Å². The molecule has 1 aromatic carbocycles. The molecule has 0 aliphatic heterocycles. The molecule has 2 aromatic heterocycles. The first-order valence-corrected chi connectivity index (χ1v) is 25.7. The number of imidazole rings is 1. The number of nitrogens with zero attached hydrogens (tertiary/aromatic N) is 2. The molecule has 3 aromatic rings. The number of aliphatic hydroxyl groups is 2. The Hall–Kier alpha value is -6.95. The van der Waals surface area contributed by atoms with Crippen LogP contribution in [-0.2, 0) is 56.0 Å². The van der Waals surface area contributed by atoms with E-state index in [2.05, 4.69) is 87.7 Å². The summed E-state index contributed by atoms with van der Waals surface area (Å²) in [5.74, 6) is -9.97. The van der Waals surface area contributed by atoms with Crippen molar-refractivity contribution in [2.75, 3.05) is 24.7 Å². The number of aliphatic carboxylic acids is 1. The Morgan fingerprint density at radius 3 is 1.79 bits per heavy atom. The van der Waals surface area contributed by atoms with Gasteiger partial charge in [-0.05, 0) is 49.7 Å². The second kappa shape index (κ2) is 31.2. The van der Waals surface area contributed by atoms with Crippen LogP contribution in [0.4, 0.5) is 0 Å². The third-order valence-electron chi connectivity index (χ3n) is 11.7. The van der Waals surface area contributed by atoms with Gasteiger partial charge < -0.3 is 85.0 Å². The monoisotopic (exact) mass is 1100 g/mol. The number of guanidine groups is 1. The lowest BCUT2D eigenvalue weighted by molar-refractivity contribution is -0.142. The lowest BCUT2D eigenvalue weighted by atomic mass is 9.98. The number of aromatic nitrogens is 3. The first-order chi connectivity index (χ1) is 35.9. The molecule has 29 heteroatoms. The van der Waals surface area contributed by atoms with Gasteiger partial charge >= 0.3 is 5.97 Å². The average molecular weight is 1100 g/mol. The van der Waals surface area contributed by atoms with Gasteiger partial charge in [-0.25, -0.2) is 9.78 Å².